The third kappa shape index (κ3) is 4.09. The van der Waals surface area contributed by atoms with E-state index in [0.29, 0.717) is 0 Å². The van der Waals surface area contributed by atoms with E-state index >= 15 is 0 Å². The maximum Gasteiger partial charge on any atom is -0.0329 e. The van der Waals surface area contributed by atoms with Crippen molar-refractivity contribution in [2.24, 2.45) is 41.4 Å². The minimum Gasteiger partial charge on any atom is -0.0625 e. The highest BCUT2D eigenvalue weighted by molar-refractivity contribution is 4.89. The summed E-state index contributed by atoms with van der Waals surface area (Å²) in [6.45, 7) is 7.45. The van der Waals surface area contributed by atoms with E-state index in [9.17, 15) is 0 Å². The topological polar surface area (TPSA) is 0 Å². The lowest BCUT2D eigenvalue weighted by molar-refractivity contribution is 0.0465. The van der Waals surface area contributed by atoms with Gasteiger partial charge in [-0.15, -0.1) is 0 Å². The van der Waals surface area contributed by atoms with E-state index in [-0.39, 0.29) is 0 Å². The van der Waals surface area contributed by atoms with Crippen LogP contribution in [0.2, 0.25) is 0 Å². The fourth-order valence-electron chi connectivity index (χ4n) is 6.17. The molecule has 0 aromatic heterocycles. The van der Waals surface area contributed by atoms with Crippen LogP contribution in [0.3, 0.4) is 0 Å². The average Bonchev–Trinajstić information content (AvgIpc) is 2.53. The van der Waals surface area contributed by atoms with Crippen LogP contribution in [0.1, 0.15) is 97.8 Å². The Morgan fingerprint density at radius 2 is 0.636 bits per heavy atom. The molecule has 3 rings (SSSR count). The van der Waals surface area contributed by atoms with Gasteiger partial charge in [0.05, 0.1) is 0 Å². The average molecular weight is 305 g/mol. The summed E-state index contributed by atoms with van der Waals surface area (Å²) in [5.41, 5.74) is 0. The van der Waals surface area contributed by atoms with Gasteiger partial charge in [0.25, 0.3) is 0 Å². The fourth-order valence-corrected chi connectivity index (χ4v) is 6.17. The van der Waals surface area contributed by atoms with Crippen molar-refractivity contribution < 1.29 is 0 Å². The molecule has 0 aromatic carbocycles. The van der Waals surface area contributed by atoms with Crippen molar-refractivity contribution in [3.05, 3.63) is 0 Å². The van der Waals surface area contributed by atoms with Crippen LogP contribution in [0.25, 0.3) is 0 Å². The van der Waals surface area contributed by atoms with Crippen molar-refractivity contribution >= 4 is 0 Å². The third-order valence-corrected chi connectivity index (χ3v) is 7.81. The van der Waals surface area contributed by atoms with E-state index in [4.69, 9.17) is 0 Å². The number of rotatable bonds is 3. The van der Waals surface area contributed by atoms with E-state index < -0.39 is 0 Å². The van der Waals surface area contributed by atoms with Crippen LogP contribution >= 0.6 is 0 Å². The minimum atomic E-state index is 1.01. The molecule has 128 valence electrons. The molecule has 22 heavy (non-hydrogen) atoms. The molecule has 0 heteroatoms. The number of hydrogen-bond donors (Lipinski definition) is 0. The first-order valence-corrected chi connectivity index (χ1v) is 10.6. The van der Waals surface area contributed by atoms with Crippen LogP contribution in [0, 0.1) is 41.4 Å². The van der Waals surface area contributed by atoms with E-state index in [0.717, 1.165) is 41.4 Å². The van der Waals surface area contributed by atoms with Crippen molar-refractivity contribution in [1.82, 2.24) is 0 Å². The second-order valence-electron chi connectivity index (χ2n) is 9.64. The molecule has 0 heterocycles. The number of hydrogen-bond acceptors (Lipinski definition) is 0. The van der Waals surface area contributed by atoms with E-state index in [1.807, 2.05) is 0 Å². The molecule has 3 aliphatic rings. The Balaban J connectivity index is 1.67. The predicted molar refractivity (Wildman–Crippen MR) is 96.9 cm³/mol. The Labute approximate surface area is 139 Å². The van der Waals surface area contributed by atoms with Crippen LogP contribution in [0.5, 0.6) is 0 Å². The summed E-state index contributed by atoms with van der Waals surface area (Å²) >= 11 is 0. The first-order chi connectivity index (χ1) is 10.6. The Hall–Kier alpha value is 0. The largest absolute Gasteiger partial charge is 0.0625 e. The zero-order chi connectivity index (χ0) is 15.5. The Bertz CT molecular complexity index is 257. The zero-order valence-electron chi connectivity index (χ0n) is 15.5. The highest BCUT2D eigenvalue weighted by atomic mass is 14.4. The summed E-state index contributed by atoms with van der Waals surface area (Å²) in [5.74, 6) is 7.40. The van der Waals surface area contributed by atoms with Crippen LogP contribution in [-0.2, 0) is 0 Å². The molecule has 0 radical (unpaired) electrons. The molecule has 0 bridgehead atoms. The van der Waals surface area contributed by atoms with Gasteiger partial charge in [-0.3, -0.25) is 0 Å². The van der Waals surface area contributed by atoms with E-state index in [1.54, 1.807) is 38.5 Å². The summed E-state index contributed by atoms with van der Waals surface area (Å²) in [7, 11) is 0. The first-order valence-electron chi connectivity index (χ1n) is 10.6. The summed E-state index contributed by atoms with van der Waals surface area (Å²) < 4.78 is 0. The zero-order valence-corrected chi connectivity index (χ0v) is 15.5. The lowest BCUT2D eigenvalue weighted by Gasteiger charge is -2.46. The van der Waals surface area contributed by atoms with Gasteiger partial charge in [-0.2, -0.15) is 0 Å². The fraction of sp³-hybridized carbons (Fsp3) is 1.00. The van der Waals surface area contributed by atoms with Crippen molar-refractivity contribution in [1.29, 1.82) is 0 Å². The molecule has 0 saturated heterocycles. The second-order valence-corrected chi connectivity index (χ2v) is 9.64. The van der Waals surface area contributed by atoms with Crippen LogP contribution < -0.4 is 0 Å². The molecule has 0 atom stereocenters. The standard InChI is InChI=1S/C22H40/c1-16-4-10-19(11-5-16)22(20-12-6-17(2)7-13-20)21-14-8-18(3)9-15-21/h16-22H,4-15H2,1-3H3. The maximum absolute atomic E-state index is 2.48. The second kappa shape index (κ2) is 7.71. The van der Waals surface area contributed by atoms with Crippen LogP contribution in [0.15, 0.2) is 0 Å². The first kappa shape index (κ1) is 16.8. The Morgan fingerprint density at radius 3 is 0.864 bits per heavy atom. The molecule has 0 aromatic rings. The lowest BCUT2D eigenvalue weighted by atomic mass is 9.60. The molecule has 0 aliphatic heterocycles. The monoisotopic (exact) mass is 304 g/mol. The van der Waals surface area contributed by atoms with Gasteiger partial charge in [-0.05, 0) is 80.0 Å². The predicted octanol–water partition coefficient (Wildman–Crippen LogP) is 7.08. The highest BCUT2D eigenvalue weighted by Gasteiger charge is 2.39. The SMILES string of the molecule is CC1CCC(C(C2CCC(C)CC2)C2CCC(C)CC2)CC1. The molecule has 0 N–H and O–H groups in total. The van der Waals surface area contributed by atoms with Gasteiger partial charge >= 0.3 is 0 Å². The van der Waals surface area contributed by atoms with Gasteiger partial charge in [0.2, 0.25) is 0 Å². The van der Waals surface area contributed by atoms with Crippen molar-refractivity contribution in [2.75, 3.05) is 0 Å². The van der Waals surface area contributed by atoms with Crippen LogP contribution in [0.4, 0.5) is 0 Å². The highest BCUT2D eigenvalue weighted by Crippen LogP contribution is 2.49. The molecule has 3 fully saturated rings. The van der Waals surface area contributed by atoms with Gasteiger partial charge in [0.1, 0.15) is 0 Å². The molecular formula is C22H40. The summed E-state index contributed by atoms with van der Waals surface area (Å²) in [6, 6.07) is 0. The van der Waals surface area contributed by atoms with Gasteiger partial charge in [-0.25, -0.2) is 0 Å². The lowest BCUT2D eigenvalue weighted by Crippen LogP contribution is -2.36. The van der Waals surface area contributed by atoms with Gasteiger partial charge < -0.3 is 0 Å². The third-order valence-electron chi connectivity index (χ3n) is 7.81. The molecule has 0 nitrogen and oxygen atoms in total. The molecule has 3 aliphatic carbocycles. The summed E-state index contributed by atoms with van der Waals surface area (Å²) in [6.07, 6.45) is 18.5. The van der Waals surface area contributed by atoms with Crippen molar-refractivity contribution in [2.45, 2.75) is 97.8 Å². The van der Waals surface area contributed by atoms with E-state index in [1.165, 1.54) is 38.5 Å². The summed E-state index contributed by atoms with van der Waals surface area (Å²) in [4.78, 5) is 0. The van der Waals surface area contributed by atoms with Gasteiger partial charge in [0, 0.05) is 0 Å². The quantitative estimate of drug-likeness (QED) is 0.522. The van der Waals surface area contributed by atoms with Crippen molar-refractivity contribution in [3.63, 3.8) is 0 Å². The summed E-state index contributed by atoms with van der Waals surface area (Å²) in [5, 5.41) is 0. The normalized spacial score (nSPS) is 45.4. The van der Waals surface area contributed by atoms with Gasteiger partial charge in [0.15, 0.2) is 0 Å². The molecule has 0 spiro atoms. The van der Waals surface area contributed by atoms with E-state index in [2.05, 4.69) is 20.8 Å². The van der Waals surface area contributed by atoms with Crippen LogP contribution in [-0.4, -0.2) is 0 Å². The Kier molecular flexibility index (Phi) is 5.91. The molecule has 0 amide bonds. The van der Waals surface area contributed by atoms with Crippen molar-refractivity contribution in [3.8, 4) is 0 Å². The van der Waals surface area contributed by atoms with Gasteiger partial charge in [-0.1, -0.05) is 59.3 Å². The maximum atomic E-state index is 2.48. The smallest absolute Gasteiger partial charge is 0.0329 e. The molecular weight excluding hydrogens is 264 g/mol. The molecule has 0 unspecified atom stereocenters. The Morgan fingerprint density at radius 1 is 0.409 bits per heavy atom. The molecule has 3 saturated carbocycles. The minimum absolute atomic E-state index is 1.01.